The number of piperidine rings is 1. The van der Waals surface area contributed by atoms with Crippen molar-refractivity contribution in [3.8, 4) is 0 Å². The van der Waals surface area contributed by atoms with Crippen molar-refractivity contribution in [3.63, 3.8) is 0 Å². The molecule has 0 amide bonds. The Morgan fingerprint density at radius 1 is 1.33 bits per heavy atom. The largest absolute Gasteiger partial charge is 0.303 e. The zero-order chi connectivity index (χ0) is 8.97. The lowest BCUT2D eigenvalue weighted by Crippen LogP contribution is -2.36. The summed E-state index contributed by atoms with van der Waals surface area (Å²) in [6.45, 7) is 2.77. The van der Waals surface area contributed by atoms with E-state index in [4.69, 9.17) is 0 Å². The summed E-state index contributed by atoms with van der Waals surface area (Å²) in [5.74, 6) is -0.338. The standard InChI is InChI=1S/C8H14F2IN/c9-8(10)7-1-4-12(5-2-7)6-3-11/h7-8H,1-6H2. The van der Waals surface area contributed by atoms with Crippen LogP contribution in [0.2, 0.25) is 0 Å². The van der Waals surface area contributed by atoms with Crippen LogP contribution in [-0.2, 0) is 0 Å². The first kappa shape index (κ1) is 10.6. The Hall–Kier alpha value is 0.550. The molecule has 1 aliphatic heterocycles. The third kappa shape index (κ3) is 3.12. The summed E-state index contributed by atoms with van der Waals surface area (Å²) in [6, 6.07) is 0. The molecule has 1 fully saturated rings. The number of hydrogen-bond donors (Lipinski definition) is 0. The van der Waals surface area contributed by atoms with Gasteiger partial charge in [-0.05, 0) is 25.9 Å². The van der Waals surface area contributed by atoms with Gasteiger partial charge in [0.05, 0.1) is 0 Å². The Balaban J connectivity index is 2.20. The number of halogens is 3. The molecule has 0 saturated carbocycles. The van der Waals surface area contributed by atoms with Crippen LogP contribution in [0.5, 0.6) is 0 Å². The first-order valence-electron chi connectivity index (χ1n) is 4.30. The molecule has 0 N–H and O–H groups in total. The van der Waals surface area contributed by atoms with E-state index in [2.05, 4.69) is 27.5 Å². The Kier molecular flexibility index (Phi) is 4.71. The highest BCUT2D eigenvalue weighted by atomic mass is 127. The van der Waals surface area contributed by atoms with Crippen molar-refractivity contribution in [1.29, 1.82) is 0 Å². The van der Waals surface area contributed by atoms with Gasteiger partial charge in [0, 0.05) is 16.9 Å². The second kappa shape index (κ2) is 5.32. The predicted octanol–water partition coefficient (Wildman–Crippen LogP) is 2.40. The second-order valence-electron chi connectivity index (χ2n) is 3.20. The van der Waals surface area contributed by atoms with Crippen molar-refractivity contribution >= 4 is 22.6 Å². The molecular weight excluding hydrogens is 275 g/mol. The maximum atomic E-state index is 12.2. The third-order valence-corrected chi connectivity index (χ3v) is 2.87. The highest BCUT2D eigenvalue weighted by molar-refractivity contribution is 14.1. The molecule has 0 unspecified atom stereocenters. The van der Waals surface area contributed by atoms with E-state index in [0.29, 0.717) is 12.8 Å². The summed E-state index contributed by atoms with van der Waals surface area (Å²) >= 11 is 2.32. The molecule has 1 aliphatic rings. The van der Waals surface area contributed by atoms with E-state index in [1.54, 1.807) is 0 Å². The minimum atomic E-state index is -2.10. The normalized spacial score (nSPS) is 22.0. The van der Waals surface area contributed by atoms with Crippen molar-refractivity contribution in [2.75, 3.05) is 24.1 Å². The summed E-state index contributed by atoms with van der Waals surface area (Å²) in [4.78, 5) is 2.27. The topological polar surface area (TPSA) is 3.24 Å². The van der Waals surface area contributed by atoms with Crippen LogP contribution < -0.4 is 0 Å². The quantitative estimate of drug-likeness (QED) is 0.569. The van der Waals surface area contributed by atoms with Crippen molar-refractivity contribution in [1.82, 2.24) is 4.90 Å². The zero-order valence-electron chi connectivity index (χ0n) is 6.98. The molecule has 1 nitrogen and oxygen atoms in total. The first-order valence-corrected chi connectivity index (χ1v) is 5.83. The van der Waals surface area contributed by atoms with Gasteiger partial charge in [-0.25, -0.2) is 8.78 Å². The molecular formula is C8H14F2IN. The molecule has 0 spiro atoms. The minimum Gasteiger partial charge on any atom is -0.303 e. The maximum absolute atomic E-state index is 12.2. The minimum absolute atomic E-state index is 0.338. The summed E-state index contributed by atoms with van der Waals surface area (Å²) in [7, 11) is 0. The molecule has 0 aromatic rings. The molecule has 0 aromatic carbocycles. The average molecular weight is 289 g/mol. The molecule has 1 rings (SSSR count). The Morgan fingerprint density at radius 3 is 2.33 bits per heavy atom. The van der Waals surface area contributed by atoms with E-state index in [1.807, 2.05) is 0 Å². The number of nitrogens with zero attached hydrogens (tertiary/aromatic N) is 1. The monoisotopic (exact) mass is 289 g/mol. The van der Waals surface area contributed by atoms with Crippen molar-refractivity contribution < 1.29 is 8.78 Å². The molecule has 0 radical (unpaired) electrons. The number of hydrogen-bond acceptors (Lipinski definition) is 1. The Bertz CT molecular complexity index is 124. The van der Waals surface area contributed by atoms with Gasteiger partial charge in [0.2, 0.25) is 6.43 Å². The SMILES string of the molecule is FC(F)C1CCN(CCI)CC1. The van der Waals surface area contributed by atoms with Gasteiger partial charge in [-0.2, -0.15) is 0 Å². The lowest BCUT2D eigenvalue weighted by Gasteiger charge is -2.30. The Morgan fingerprint density at radius 2 is 1.92 bits per heavy atom. The lowest BCUT2D eigenvalue weighted by molar-refractivity contribution is 0.0368. The van der Waals surface area contributed by atoms with Gasteiger partial charge in [-0.15, -0.1) is 0 Å². The molecule has 4 heteroatoms. The van der Waals surface area contributed by atoms with Crippen LogP contribution in [-0.4, -0.2) is 35.4 Å². The van der Waals surface area contributed by atoms with Crippen LogP contribution in [0.3, 0.4) is 0 Å². The number of likely N-dealkylation sites (tertiary alicyclic amines) is 1. The second-order valence-corrected chi connectivity index (χ2v) is 4.28. The van der Waals surface area contributed by atoms with Crippen molar-refractivity contribution in [3.05, 3.63) is 0 Å². The maximum Gasteiger partial charge on any atom is 0.241 e. The zero-order valence-corrected chi connectivity index (χ0v) is 9.14. The van der Waals surface area contributed by atoms with E-state index in [0.717, 1.165) is 24.1 Å². The summed E-state index contributed by atoms with van der Waals surface area (Å²) < 4.78 is 25.5. The number of rotatable bonds is 3. The van der Waals surface area contributed by atoms with Crippen LogP contribution in [0.15, 0.2) is 0 Å². The van der Waals surface area contributed by atoms with Gasteiger partial charge in [0.15, 0.2) is 0 Å². The fourth-order valence-corrected chi connectivity index (χ4v) is 2.23. The van der Waals surface area contributed by atoms with Gasteiger partial charge >= 0.3 is 0 Å². The van der Waals surface area contributed by atoms with E-state index >= 15 is 0 Å². The Labute approximate surface area is 85.6 Å². The molecule has 0 atom stereocenters. The highest BCUT2D eigenvalue weighted by Gasteiger charge is 2.25. The van der Waals surface area contributed by atoms with Crippen molar-refractivity contribution in [2.24, 2.45) is 5.92 Å². The van der Waals surface area contributed by atoms with Gasteiger partial charge in [-0.3, -0.25) is 0 Å². The molecule has 72 valence electrons. The fourth-order valence-electron chi connectivity index (χ4n) is 1.55. The number of alkyl halides is 3. The van der Waals surface area contributed by atoms with E-state index < -0.39 is 6.43 Å². The van der Waals surface area contributed by atoms with E-state index in [-0.39, 0.29) is 5.92 Å². The summed E-state index contributed by atoms with van der Waals surface area (Å²) in [6.07, 6.45) is -0.755. The first-order chi connectivity index (χ1) is 5.74. The third-order valence-electron chi connectivity index (χ3n) is 2.39. The van der Waals surface area contributed by atoms with Gasteiger partial charge in [-0.1, -0.05) is 22.6 Å². The summed E-state index contributed by atoms with van der Waals surface area (Å²) in [5, 5.41) is 0. The lowest BCUT2D eigenvalue weighted by atomic mass is 9.98. The smallest absolute Gasteiger partial charge is 0.241 e. The van der Waals surface area contributed by atoms with Crippen molar-refractivity contribution in [2.45, 2.75) is 19.3 Å². The fraction of sp³-hybridized carbons (Fsp3) is 1.00. The molecule has 1 saturated heterocycles. The van der Waals surface area contributed by atoms with Gasteiger partial charge < -0.3 is 4.90 Å². The predicted molar refractivity (Wildman–Crippen MR) is 54.1 cm³/mol. The average Bonchev–Trinajstić information content (AvgIpc) is 2.06. The van der Waals surface area contributed by atoms with Crippen LogP contribution in [0, 0.1) is 5.92 Å². The van der Waals surface area contributed by atoms with Crippen LogP contribution >= 0.6 is 22.6 Å². The summed E-state index contributed by atoms with van der Waals surface area (Å²) in [5.41, 5.74) is 0. The molecule has 0 aromatic heterocycles. The highest BCUT2D eigenvalue weighted by Crippen LogP contribution is 2.23. The van der Waals surface area contributed by atoms with Gasteiger partial charge in [0.25, 0.3) is 0 Å². The molecule has 0 aliphatic carbocycles. The van der Waals surface area contributed by atoms with Crippen LogP contribution in [0.25, 0.3) is 0 Å². The van der Waals surface area contributed by atoms with E-state index in [1.165, 1.54) is 0 Å². The molecule has 12 heavy (non-hydrogen) atoms. The van der Waals surface area contributed by atoms with Crippen LogP contribution in [0.4, 0.5) is 8.78 Å². The van der Waals surface area contributed by atoms with Crippen LogP contribution in [0.1, 0.15) is 12.8 Å². The molecule has 0 bridgehead atoms. The molecule has 1 heterocycles. The van der Waals surface area contributed by atoms with E-state index in [9.17, 15) is 8.78 Å². The van der Waals surface area contributed by atoms with Gasteiger partial charge in [0.1, 0.15) is 0 Å².